The Bertz CT molecular complexity index is 950. The van der Waals surface area contributed by atoms with Gasteiger partial charge in [0.05, 0.1) is 5.56 Å². The van der Waals surface area contributed by atoms with Gasteiger partial charge in [-0.1, -0.05) is 0 Å². The average molecular weight is 393 g/mol. The van der Waals surface area contributed by atoms with Gasteiger partial charge in [0.25, 0.3) is 0 Å². The molecule has 1 aliphatic rings. The first-order chi connectivity index (χ1) is 13.4. The molecule has 1 saturated heterocycles. The average Bonchev–Trinajstić information content (AvgIpc) is 3.22. The first-order valence-electron chi connectivity index (χ1n) is 8.46. The maximum Gasteiger partial charge on any atom is 0.417 e. The molecule has 28 heavy (non-hydrogen) atoms. The Labute approximate surface area is 157 Å². The van der Waals surface area contributed by atoms with E-state index in [1.54, 1.807) is 34.1 Å². The monoisotopic (exact) mass is 393 g/mol. The second-order valence-corrected chi connectivity index (χ2v) is 6.19. The molecule has 1 aliphatic heterocycles. The molecule has 4 heterocycles. The molecule has 0 saturated carbocycles. The third-order valence-electron chi connectivity index (χ3n) is 4.43. The zero-order valence-electron chi connectivity index (χ0n) is 14.5. The molecule has 0 aromatic carbocycles. The normalized spacial score (nSPS) is 15.1. The second-order valence-electron chi connectivity index (χ2n) is 6.19. The molecule has 0 aliphatic carbocycles. The lowest BCUT2D eigenvalue weighted by molar-refractivity contribution is -0.138. The summed E-state index contributed by atoms with van der Waals surface area (Å²) in [5.74, 6) is 0.257. The van der Waals surface area contributed by atoms with Crippen molar-refractivity contribution in [3.63, 3.8) is 0 Å². The molecule has 0 radical (unpaired) electrons. The summed E-state index contributed by atoms with van der Waals surface area (Å²) < 4.78 is 53.8. The van der Waals surface area contributed by atoms with Crippen LogP contribution in [-0.4, -0.2) is 50.9 Å². The van der Waals surface area contributed by atoms with Crippen molar-refractivity contribution in [3.05, 3.63) is 54.5 Å². The summed E-state index contributed by atoms with van der Waals surface area (Å²) in [6.07, 6.45) is 0.890. The zero-order chi connectivity index (χ0) is 19.7. The van der Waals surface area contributed by atoms with E-state index in [9.17, 15) is 17.6 Å². The summed E-state index contributed by atoms with van der Waals surface area (Å²) in [5, 5.41) is 4.13. The first-order valence-corrected chi connectivity index (χ1v) is 8.46. The van der Waals surface area contributed by atoms with Gasteiger partial charge in [0.15, 0.2) is 17.5 Å². The fourth-order valence-electron chi connectivity index (χ4n) is 3.01. The lowest BCUT2D eigenvalue weighted by atomic mass is 10.2. The molecular formula is C17H15F4N7. The Morgan fingerprint density at radius 1 is 0.893 bits per heavy atom. The third-order valence-corrected chi connectivity index (χ3v) is 4.43. The molecule has 0 unspecified atom stereocenters. The largest absolute Gasteiger partial charge is 0.417 e. The summed E-state index contributed by atoms with van der Waals surface area (Å²) >= 11 is 0. The molecular weight excluding hydrogens is 378 g/mol. The number of hydrogen-bond donors (Lipinski definition) is 0. The first kappa shape index (κ1) is 18.1. The highest BCUT2D eigenvalue weighted by molar-refractivity contribution is 5.48. The number of aromatic nitrogens is 5. The van der Waals surface area contributed by atoms with Gasteiger partial charge in [-0.2, -0.15) is 18.3 Å². The minimum Gasteiger partial charge on any atom is -0.353 e. The van der Waals surface area contributed by atoms with E-state index in [0.29, 0.717) is 50.1 Å². The van der Waals surface area contributed by atoms with Gasteiger partial charge in [0.1, 0.15) is 12.1 Å². The second kappa shape index (κ2) is 7.06. The van der Waals surface area contributed by atoms with Crippen molar-refractivity contribution < 1.29 is 17.6 Å². The number of nitrogens with zero attached hydrogens (tertiary/aromatic N) is 7. The summed E-state index contributed by atoms with van der Waals surface area (Å²) in [4.78, 5) is 15.8. The van der Waals surface area contributed by atoms with E-state index >= 15 is 0 Å². The van der Waals surface area contributed by atoms with Crippen molar-refractivity contribution in [2.45, 2.75) is 6.18 Å². The van der Waals surface area contributed by atoms with Gasteiger partial charge in [-0.15, -0.1) is 0 Å². The number of rotatable bonds is 3. The van der Waals surface area contributed by atoms with Crippen LogP contribution in [0.25, 0.3) is 5.82 Å². The van der Waals surface area contributed by atoms with Crippen molar-refractivity contribution in [2.24, 2.45) is 0 Å². The van der Waals surface area contributed by atoms with Crippen LogP contribution in [0.5, 0.6) is 0 Å². The van der Waals surface area contributed by atoms with Crippen molar-refractivity contribution >= 4 is 11.6 Å². The number of hydrogen-bond acceptors (Lipinski definition) is 6. The standard InChI is InChI=1S/C17H15F4N7/c18-13-8-12(17(19,20)21)10-22-16(13)27-6-4-26(5-7-27)14-9-15(24-11-23-14)28-3-1-2-25-28/h1-3,8-11H,4-7H2. The molecule has 0 bridgehead atoms. The Kier molecular flexibility index (Phi) is 4.57. The molecule has 4 rings (SSSR count). The molecule has 146 valence electrons. The number of halogens is 4. The van der Waals surface area contributed by atoms with Gasteiger partial charge in [0, 0.05) is 50.8 Å². The molecule has 3 aromatic heterocycles. The molecule has 0 N–H and O–H groups in total. The van der Waals surface area contributed by atoms with Crippen LogP contribution in [0.1, 0.15) is 5.56 Å². The Balaban J connectivity index is 1.46. The van der Waals surface area contributed by atoms with E-state index in [1.165, 1.54) is 6.33 Å². The van der Waals surface area contributed by atoms with Gasteiger partial charge in [-0.05, 0) is 12.1 Å². The van der Waals surface area contributed by atoms with E-state index in [1.807, 2.05) is 4.90 Å². The molecule has 11 heteroatoms. The van der Waals surface area contributed by atoms with Gasteiger partial charge in [-0.3, -0.25) is 0 Å². The van der Waals surface area contributed by atoms with E-state index < -0.39 is 17.6 Å². The van der Waals surface area contributed by atoms with Crippen LogP contribution in [0.3, 0.4) is 0 Å². The minimum atomic E-state index is -4.62. The van der Waals surface area contributed by atoms with Crippen LogP contribution in [-0.2, 0) is 6.18 Å². The van der Waals surface area contributed by atoms with Crippen molar-refractivity contribution in [1.29, 1.82) is 0 Å². The van der Waals surface area contributed by atoms with Gasteiger partial charge in [-0.25, -0.2) is 24.0 Å². The minimum absolute atomic E-state index is 0.0763. The highest BCUT2D eigenvalue weighted by atomic mass is 19.4. The molecule has 0 atom stereocenters. The van der Waals surface area contributed by atoms with Crippen molar-refractivity contribution in [2.75, 3.05) is 36.0 Å². The third kappa shape index (κ3) is 3.59. The van der Waals surface area contributed by atoms with Gasteiger partial charge < -0.3 is 9.80 Å². The smallest absolute Gasteiger partial charge is 0.353 e. The van der Waals surface area contributed by atoms with Gasteiger partial charge >= 0.3 is 6.18 Å². The summed E-state index contributed by atoms with van der Waals surface area (Å²) in [6, 6.07) is 4.06. The molecule has 0 spiro atoms. The maximum absolute atomic E-state index is 14.1. The Hall–Kier alpha value is -3.24. The van der Waals surface area contributed by atoms with Crippen molar-refractivity contribution in [3.8, 4) is 5.82 Å². The van der Waals surface area contributed by atoms with Crippen LogP contribution < -0.4 is 9.80 Å². The van der Waals surface area contributed by atoms with Crippen LogP contribution >= 0.6 is 0 Å². The fourth-order valence-corrected chi connectivity index (χ4v) is 3.01. The predicted molar refractivity (Wildman–Crippen MR) is 92.8 cm³/mol. The Morgan fingerprint density at radius 3 is 2.25 bits per heavy atom. The number of piperazine rings is 1. The zero-order valence-corrected chi connectivity index (χ0v) is 14.5. The van der Waals surface area contributed by atoms with E-state index in [-0.39, 0.29) is 5.82 Å². The molecule has 7 nitrogen and oxygen atoms in total. The van der Waals surface area contributed by atoms with Gasteiger partial charge in [0.2, 0.25) is 0 Å². The van der Waals surface area contributed by atoms with E-state index in [0.717, 1.165) is 0 Å². The topological polar surface area (TPSA) is 63.0 Å². The van der Waals surface area contributed by atoms with Crippen molar-refractivity contribution in [1.82, 2.24) is 24.7 Å². The lowest BCUT2D eigenvalue weighted by Gasteiger charge is -2.36. The lowest BCUT2D eigenvalue weighted by Crippen LogP contribution is -2.47. The SMILES string of the molecule is Fc1cc(C(F)(F)F)cnc1N1CCN(c2cc(-n3cccn3)ncn2)CC1. The van der Waals surface area contributed by atoms with Crippen LogP contribution in [0.2, 0.25) is 0 Å². The highest BCUT2D eigenvalue weighted by Gasteiger charge is 2.32. The molecule has 3 aromatic rings. The number of anilines is 2. The molecule has 0 amide bonds. The Morgan fingerprint density at radius 2 is 1.61 bits per heavy atom. The maximum atomic E-state index is 14.1. The summed E-state index contributed by atoms with van der Waals surface area (Å²) in [6.45, 7) is 1.82. The predicted octanol–water partition coefficient (Wildman–Crippen LogP) is 2.54. The van der Waals surface area contributed by atoms with Crippen LogP contribution in [0, 0.1) is 5.82 Å². The van der Waals surface area contributed by atoms with E-state index in [2.05, 4.69) is 20.1 Å². The summed E-state index contributed by atoms with van der Waals surface area (Å²) in [7, 11) is 0. The van der Waals surface area contributed by atoms with Crippen LogP contribution in [0.15, 0.2) is 43.1 Å². The highest BCUT2D eigenvalue weighted by Crippen LogP contribution is 2.31. The van der Waals surface area contributed by atoms with E-state index in [4.69, 9.17) is 0 Å². The van der Waals surface area contributed by atoms with Crippen LogP contribution in [0.4, 0.5) is 29.2 Å². The number of alkyl halides is 3. The summed E-state index contributed by atoms with van der Waals surface area (Å²) in [5.41, 5.74) is -1.10. The molecule has 1 fully saturated rings. The number of pyridine rings is 1. The quantitative estimate of drug-likeness (QED) is 0.638. The fraction of sp³-hybridized carbons (Fsp3) is 0.294.